The molecule has 3 amide bonds. The van der Waals surface area contributed by atoms with E-state index >= 15 is 0 Å². The van der Waals surface area contributed by atoms with E-state index in [1.807, 2.05) is 104 Å². The molecule has 3 aromatic carbocycles. The number of nitrogens with zero attached hydrogens (tertiary/aromatic N) is 1. The fourth-order valence-electron chi connectivity index (χ4n) is 5.78. The Morgan fingerprint density at radius 2 is 1.58 bits per heavy atom. The van der Waals surface area contributed by atoms with E-state index < -0.39 is 19.3 Å². The summed E-state index contributed by atoms with van der Waals surface area (Å²) in [7, 11) is -1.73. The second kappa shape index (κ2) is 16.5. The van der Waals surface area contributed by atoms with E-state index in [9.17, 15) is 18.9 Å². The molecule has 4 rings (SSSR count). The lowest BCUT2D eigenvalue weighted by atomic mass is 9.98. The third-order valence-electron chi connectivity index (χ3n) is 8.28. The molecule has 0 saturated heterocycles. The molecule has 2 N–H and O–H groups in total. The number of amides is 3. The van der Waals surface area contributed by atoms with E-state index in [2.05, 4.69) is 10.6 Å². The first-order valence-electron chi connectivity index (χ1n) is 15.9. The lowest BCUT2D eigenvalue weighted by Gasteiger charge is -2.26. The van der Waals surface area contributed by atoms with Crippen LogP contribution in [0, 0.1) is 11.8 Å². The second-order valence-electron chi connectivity index (χ2n) is 12.3. The van der Waals surface area contributed by atoms with Gasteiger partial charge < -0.3 is 20.1 Å². The first-order chi connectivity index (χ1) is 21.7. The van der Waals surface area contributed by atoms with Gasteiger partial charge >= 0.3 is 0 Å². The van der Waals surface area contributed by atoms with Gasteiger partial charge in [0.05, 0.1) is 0 Å². The van der Waals surface area contributed by atoms with Crippen molar-refractivity contribution >= 4 is 30.8 Å². The van der Waals surface area contributed by atoms with Gasteiger partial charge in [-0.05, 0) is 67.3 Å². The molecule has 0 saturated carbocycles. The van der Waals surface area contributed by atoms with Crippen molar-refractivity contribution in [3.05, 3.63) is 102 Å². The predicted molar refractivity (Wildman–Crippen MR) is 179 cm³/mol. The molecule has 0 aromatic heterocycles. The van der Waals surface area contributed by atoms with Gasteiger partial charge in [0.15, 0.2) is 0 Å². The number of hydrogen-bond donors (Lipinski definition) is 2. The molecular formula is C36H46N3O5P. The molecule has 1 heterocycles. The smallest absolute Gasteiger partial charge is 0.254 e. The molecule has 0 aliphatic carbocycles. The first-order valence-corrected chi connectivity index (χ1v) is 17.9. The van der Waals surface area contributed by atoms with Gasteiger partial charge in [-0.25, -0.2) is 0 Å². The molecule has 9 heteroatoms. The highest BCUT2D eigenvalue weighted by atomic mass is 31.2. The van der Waals surface area contributed by atoms with Crippen LogP contribution in [0.2, 0.25) is 0 Å². The Bertz CT molecular complexity index is 1460. The van der Waals surface area contributed by atoms with E-state index in [4.69, 9.17) is 4.52 Å². The summed E-state index contributed by atoms with van der Waals surface area (Å²) < 4.78 is 19.6. The molecule has 3 aromatic rings. The summed E-state index contributed by atoms with van der Waals surface area (Å²) in [6.07, 6.45) is 3.26. The molecule has 1 aliphatic heterocycles. The summed E-state index contributed by atoms with van der Waals surface area (Å²) in [5, 5.41) is 5.91. The number of anilines is 1. The molecule has 2 unspecified atom stereocenters. The van der Waals surface area contributed by atoms with E-state index in [-0.39, 0.29) is 29.8 Å². The number of para-hydroxylation sites is 1. The molecule has 8 nitrogen and oxygen atoms in total. The van der Waals surface area contributed by atoms with Gasteiger partial charge in [0.25, 0.3) is 5.91 Å². The third kappa shape index (κ3) is 10.1. The Morgan fingerprint density at radius 1 is 0.911 bits per heavy atom. The van der Waals surface area contributed by atoms with Gasteiger partial charge in [-0.15, -0.1) is 0 Å². The summed E-state index contributed by atoms with van der Waals surface area (Å²) in [5.74, 6) is -0.980. The molecule has 240 valence electrons. The van der Waals surface area contributed by atoms with Crippen LogP contribution in [0.5, 0.6) is 0 Å². The number of hydrogen-bond acceptors (Lipinski definition) is 5. The average Bonchev–Trinajstić information content (AvgIpc) is 3.36. The van der Waals surface area contributed by atoms with Gasteiger partial charge in [0.1, 0.15) is 6.04 Å². The van der Waals surface area contributed by atoms with Crippen molar-refractivity contribution in [1.82, 2.24) is 10.2 Å². The molecule has 1 aliphatic rings. The Morgan fingerprint density at radius 3 is 2.24 bits per heavy atom. The van der Waals surface area contributed by atoms with Crippen LogP contribution in [-0.4, -0.2) is 54.6 Å². The van der Waals surface area contributed by atoms with Crippen LogP contribution >= 0.6 is 7.37 Å². The highest BCUT2D eigenvalue weighted by Crippen LogP contribution is 2.49. The van der Waals surface area contributed by atoms with Gasteiger partial charge in [0.2, 0.25) is 19.2 Å². The SMILES string of the molecule is COP(=O)(CCCCN1Cc2ccccc2C1=O)CC(CCc1ccccc1)C(=O)N[C@@H](CC(C)C)C(=O)Nc1ccccc1. The fourth-order valence-corrected chi connectivity index (χ4v) is 8.02. The summed E-state index contributed by atoms with van der Waals surface area (Å²) in [6, 6.07) is 26.0. The Labute approximate surface area is 267 Å². The van der Waals surface area contributed by atoms with Crippen LogP contribution in [0.4, 0.5) is 5.69 Å². The van der Waals surface area contributed by atoms with Crippen LogP contribution in [0.25, 0.3) is 0 Å². The van der Waals surface area contributed by atoms with Crippen molar-refractivity contribution in [2.75, 3.05) is 31.3 Å². The molecular weight excluding hydrogens is 585 g/mol. The maximum Gasteiger partial charge on any atom is 0.254 e. The average molecular weight is 632 g/mol. The van der Waals surface area contributed by atoms with Gasteiger partial charge in [-0.1, -0.05) is 80.6 Å². The zero-order valence-corrected chi connectivity index (χ0v) is 27.5. The second-order valence-corrected chi connectivity index (χ2v) is 15.1. The number of nitrogens with one attached hydrogen (secondary N) is 2. The van der Waals surface area contributed by atoms with E-state index in [0.717, 1.165) is 16.7 Å². The van der Waals surface area contributed by atoms with Crippen molar-refractivity contribution in [1.29, 1.82) is 0 Å². The summed E-state index contributed by atoms with van der Waals surface area (Å²) in [6.45, 7) is 5.18. The largest absolute Gasteiger partial charge is 0.344 e. The van der Waals surface area contributed by atoms with E-state index in [0.29, 0.717) is 57.0 Å². The van der Waals surface area contributed by atoms with Crippen molar-refractivity contribution in [2.45, 2.75) is 58.5 Å². The summed E-state index contributed by atoms with van der Waals surface area (Å²) >= 11 is 0. The zero-order valence-electron chi connectivity index (χ0n) is 26.6. The quantitative estimate of drug-likeness (QED) is 0.126. The first kappa shape index (κ1) is 34.1. The van der Waals surface area contributed by atoms with Gasteiger partial charge in [-0.2, -0.15) is 0 Å². The van der Waals surface area contributed by atoms with Crippen LogP contribution in [0.15, 0.2) is 84.9 Å². The standard InChI is InChI=1S/C36H46N3O5P/c1-27(2)24-33(35(41)37-31-17-8-5-9-18-31)38-34(40)30(21-20-28-14-6-4-7-15-28)26-45(43,44-3)23-13-12-22-39-25-29-16-10-11-19-32(29)36(39)42/h4-11,14-19,27,30,33H,12-13,20-26H2,1-3H3,(H,37,41)(H,38,40)/t30?,33-,45?/m0/s1. The molecule has 3 atom stereocenters. The number of rotatable bonds is 17. The minimum atomic E-state index is -3.18. The molecule has 0 spiro atoms. The molecule has 45 heavy (non-hydrogen) atoms. The Kier molecular flexibility index (Phi) is 12.5. The number of aryl methyl sites for hydroxylation is 1. The minimum absolute atomic E-state index is 0.0328. The normalized spacial score (nSPS) is 15.3. The monoisotopic (exact) mass is 631 g/mol. The van der Waals surface area contributed by atoms with Gasteiger partial charge in [0, 0.05) is 49.7 Å². The maximum atomic E-state index is 14.0. The lowest BCUT2D eigenvalue weighted by Crippen LogP contribution is -2.47. The van der Waals surface area contributed by atoms with Gasteiger partial charge in [-0.3, -0.25) is 18.9 Å². The molecule has 0 radical (unpaired) electrons. The zero-order chi connectivity index (χ0) is 32.2. The topological polar surface area (TPSA) is 105 Å². The van der Waals surface area contributed by atoms with E-state index in [1.54, 1.807) is 0 Å². The highest BCUT2D eigenvalue weighted by molar-refractivity contribution is 7.59. The summed E-state index contributed by atoms with van der Waals surface area (Å²) in [5.41, 5.74) is 3.53. The van der Waals surface area contributed by atoms with Crippen molar-refractivity contribution < 1.29 is 23.5 Å². The van der Waals surface area contributed by atoms with Crippen LogP contribution in [-0.2, 0) is 31.6 Å². The number of unbranched alkanes of at least 4 members (excludes halogenated alkanes) is 1. The number of fused-ring (bicyclic) bond motifs is 1. The van der Waals surface area contributed by atoms with E-state index in [1.165, 1.54) is 7.11 Å². The Balaban J connectivity index is 1.40. The van der Waals surface area contributed by atoms with Crippen LogP contribution in [0.1, 0.15) is 61.0 Å². The van der Waals surface area contributed by atoms with Crippen molar-refractivity contribution in [3.63, 3.8) is 0 Å². The highest BCUT2D eigenvalue weighted by Gasteiger charge is 2.33. The Hall–Kier alpha value is -3.74. The lowest BCUT2D eigenvalue weighted by molar-refractivity contribution is -0.129. The third-order valence-corrected chi connectivity index (χ3v) is 10.9. The number of benzene rings is 3. The minimum Gasteiger partial charge on any atom is -0.344 e. The van der Waals surface area contributed by atoms with Crippen LogP contribution in [0.3, 0.4) is 0 Å². The number of carbonyl (C=O) groups excluding carboxylic acids is 3. The number of carbonyl (C=O) groups is 3. The van der Waals surface area contributed by atoms with Crippen LogP contribution < -0.4 is 10.6 Å². The van der Waals surface area contributed by atoms with Crippen molar-refractivity contribution in [3.8, 4) is 0 Å². The fraction of sp³-hybridized carbons (Fsp3) is 0.417. The summed E-state index contributed by atoms with van der Waals surface area (Å²) in [4.78, 5) is 41.7. The molecule has 0 bridgehead atoms. The maximum absolute atomic E-state index is 14.0. The van der Waals surface area contributed by atoms with Crippen molar-refractivity contribution in [2.24, 2.45) is 11.8 Å². The predicted octanol–water partition coefficient (Wildman–Crippen LogP) is 6.77. The molecule has 0 fully saturated rings.